The average molecular weight is 466 g/mol. The first-order valence-corrected chi connectivity index (χ1v) is 9.86. The van der Waals surface area contributed by atoms with Crippen LogP contribution in [0.5, 0.6) is 0 Å². The first-order valence-electron chi connectivity index (χ1n) is 9.86. The van der Waals surface area contributed by atoms with E-state index in [1.54, 1.807) is 14.1 Å². The lowest BCUT2D eigenvalue weighted by atomic mass is 9.79. The summed E-state index contributed by atoms with van der Waals surface area (Å²) in [6.45, 7) is 2.92. The van der Waals surface area contributed by atoms with Crippen LogP contribution in [0, 0.1) is 11.7 Å². The van der Waals surface area contributed by atoms with Gasteiger partial charge < -0.3 is 24.4 Å². The Morgan fingerprint density at radius 3 is 2.44 bits per heavy atom. The van der Waals surface area contributed by atoms with Crippen LogP contribution in [0.25, 0.3) is 0 Å². The molecule has 32 heavy (non-hydrogen) atoms. The number of likely N-dealkylation sites (N-methyl/N-ethyl adjacent to an activating group) is 1. The van der Waals surface area contributed by atoms with Gasteiger partial charge in [0, 0.05) is 27.3 Å². The number of amides is 1. The molecule has 2 fully saturated rings. The largest absolute Gasteiger partial charge is 0.490 e. The van der Waals surface area contributed by atoms with Crippen molar-refractivity contribution in [3.05, 3.63) is 18.2 Å². The lowest BCUT2D eigenvalue weighted by molar-refractivity contribution is -0.192. The van der Waals surface area contributed by atoms with E-state index in [0.717, 1.165) is 39.0 Å². The molecule has 1 aromatic rings. The van der Waals surface area contributed by atoms with Crippen molar-refractivity contribution in [2.24, 2.45) is 5.92 Å². The van der Waals surface area contributed by atoms with E-state index in [2.05, 4.69) is 9.97 Å². The molecular formula is C19H26F4N4O5. The number of hydrogen-bond donors (Lipinski definition) is 1. The van der Waals surface area contributed by atoms with Crippen LogP contribution < -0.4 is 4.90 Å². The smallest absolute Gasteiger partial charge is 0.475 e. The minimum Gasteiger partial charge on any atom is -0.475 e. The first kappa shape index (κ1) is 25.7. The molecule has 0 bridgehead atoms. The van der Waals surface area contributed by atoms with Crippen LogP contribution in [-0.4, -0.2) is 90.6 Å². The molecule has 0 aromatic carbocycles. The standard InChI is InChI=1S/C17H25FN4O3.C2HF3O2/c1-21(2)15(23)10-24-5-3-13-4-6-25-17(7-13)11-22(12-17)16-19-8-14(18)9-20-16;3-2(4,5)1(6)7/h8-9,13H,3-7,10-12H2,1-2H3;(H,6,7). The fourth-order valence-corrected chi connectivity index (χ4v) is 3.39. The predicted octanol–water partition coefficient (Wildman–Crippen LogP) is 1.73. The highest BCUT2D eigenvalue weighted by atomic mass is 19.4. The molecule has 2 saturated heterocycles. The zero-order valence-electron chi connectivity index (χ0n) is 17.8. The van der Waals surface area contributed by atoms with Crippen molar-refractivity contribution in [3.8, 4) is 0 Å². The Morgan fingerprint density at radius 1 is 1.31 bits per heavy atom. The molecule has 180 valence electrons. The molecule has 0 saturated carbocycles. The Hall–Kier alpha value is -2.54. The highest BCUT2D eigenvalue weighted by molar-refractivity contribution is 5.76. The van der Waals surface area contributed by atoms with Crippen LogP contribution in [0.4, 0.5) is 23.5 Å². The van der Waals surface area contributed by atoms with Gasteiger partial charge in [-0.05, 0) is 25.2 Å². The maximum atomic E-state index is 12.9. The van der Waals surface area contributed by atoms with Crippen molar-refractivity contribution < 1.29 is 41.7 Å². The number of carboxylic acids is 1. The second kappa shape index (κ2) is 10.9. The Kier molecular flexibility index (Phi) is 8.73. The van der Waals surface area contributed by atoms with Gasteiger partial charge in [-0.25, -0.2) is 19.2 Å². The van der Waals surface area contributed by atoms with E-state index in [4.69, 9.17) is 19.4 Å². The van der Waals surface area contributed by atoms with Crippen molar-refractivity contribution in [2.75, 3.05) is 51.9 Å². The Morgan fingerprint density at radius 2 is 1.91 bits per heavy atom. The van der Waals surface area contributed by atoms with Gasteiger partial charge in [0.05, 0.1) is 25.5 Å². The fourth-order valence-electron chi connectivity index (χ4n) is 3.39. The van der Waals surface area contributed by atoms with Gasteiger partial charge >= 0.3 is 12.1 Å². The minimum absolute atomic E-state index is 0.0163. The van der Waals surface area contributed by atoms with Gasteiger partial charge in [0.2, 0.25) is 11.9 Å². The zero-order chi connectivity index (χ0) is 23.9. The topological polar surface area (TPSA) is 105 Å². The molecule has 0 aliphatic carbocycles. The van der Waals surface area contributed by atoms with Gasteiger partial charge in [-0.1, -0.05) is 0 Å². The third kappa shape index (κ3) is 7.55. The summed E-state index contributed by atoms with van der Waals surface area (Å²) in [5.74, 6) is -2.13. The molecule has 2 aliphatic rings. The maximum absolute atomic E-state index is 12.9. The molecule has 2 aliphatic heterocycles. The molecular weight excluding hydrogens is 440 g/mol. The lowest BCUT2D eigenvalue weighted by Gasteiger charge is -2.53. The molecule has 1 aromatic heterocycles. The molecule has 1 N–H and O–H groups in total. The summed E-state index contributed by atoms with van der Waals surface area (Å²) in [4.78, 5) is 32.0. The van der Waals surface area contributed by atoms with E-state index in [-0.39, 0.29) is 18.1 Å². The van der Waals surface area contributed by atoms with Crippen molar-refractivity contribution in [1.82, 2.24) is 14.9 Å². The molecule has 3 rings (SSSR count). The molecule has 9 nitrogen and oxygen atoms in total. The molecule has 13 heteroatoms. The molecule has 1 spiro atoms. The number of carbonyl (C=O) groups excluding carboxylic acids is 1. The Labute approximate surface area is 182 Å². The monoisotopic (exact) mass is 466 g/mol. The van der Waals surface area contributed by atoms with Crippen molar-refractivity contribution in [1.29, 1.82) is 0 Å². The van der Waals surface area contributed by atoms with Crippen LogP contribution in [0.15, 0.2) is 12.4 Å². The highest BCUT2D eigenvalue weighted by Crippen LogP contribution is 2.39. The third-order valence-electron chi connectivity index (χ3n) is 5.08. The number of ether oxygens (including phenoxy) is 2. The van der Waals surface area contributed by atoms with Crippen LogP contribution in [0.3, 0.4) is 0 Å². The summed E-state index contributed by atoms with van der Waals surface area (Å²) >= 11 is 0. The number of aliphatic carboxylic acids is 1. The van der Waals surface area contributed by atoms with E-state index in [9.17, 15) is 22.4 Å². The molecule has 1 amide bonds. The average Bonchev–Trinajstić information content (AvgIpc) is 2.70. The fraction of sp³-hybridized carbons (Fsp3) is 0.684. The van der Waals surface area contributed by atoms with Crippen LogP contribution in [0.1, 0.15) is 19.3 Å². The van der Waals surface area contributed by atoms with Gasteiger partial charge in [-0.3, -0.25) is 4.79 Å². The van der Waals surface area contributed by atoms with Crippen molar-refractivity contribution in [2.45, 2.75) is 31.0 Å². The molecule has 1 unspecified atom stereocenters. The number of nitrogens with zero attached hydrogens (tertiary/aromatic N) is 4. The van der Waals surface area contributed by atoms with Gasteiger partial charge in [-0.15, -0.1) is 0 Å². The summed E-state index contributed by atoms with van der Waals surface area (Å²) in [6, 6.07) is 0. The summed E-state index contributed by atoms with van der Waals surface area (Å²) in [6.07, 6.45) is 0.197. The van der Waals surface area contributed by atoms with Gasteiger partial charge in [0.15, 0.2) is 5.82 Å². The van der Waals surface area contributed by atoms with Crippen LogP contribution in [0.2, 0.25) is 0 Å². The quantitative estimate of drug-likeness (QED) is 0.499. The van der Waals surface area contributed by atoms with Crippen molar-refractivity contribution in [3.63, 3.8) is 0 Å². The van der Waals surface area contributed by atoms with E-state index in [1.165, 1.54) is 17.3 Å². The maximum Gasteiger partial charge on any atom is 0.490 e. The predicted molar refractivity (Wildman–Crippen MR) is 103 cm³/mol. The second-order valence-corrected chi connectivity index (χ2v) is 7.88. The van der Waals surface area contributed by atoms with E-state index in [1.807, 2.05) is 4.90 Å². The number of halogens is 4. The molecule has 3 heterocycles. The number of anilines is 1. The molecule has 1 atom stereocenters. The normalized spacial score (nSPS) is 19.6. The van der Waals surface area contributed by atoms with Gasteiger partial charge in [0.25, 0.3) is 0 Å². The van der Waals surface area contributed by atoms with E-state index in [0.29, 0.717) is 18.5 Å². The number of hydrogen-bond acceptors (Lipinski definition) is 7. The third-order valence-corrected chi connectivity index (χ3v) is 5.08. The number of rotatable bonds is 6. The van der Waals surface area contributed by atoms with E-state index < -0.39 is 18.0 Å². The summed E-state index contributed by atoms with van der Waals surface area (Å²) in [5, 5.41) is 7.12. The first-order chi connectivity index (χ1) is 14.9. The Balaban J connectivity index is 0.000000451. The highest BCUT2D eigenvalue weighted by Gasteiger charge is 2.48. The van der Waals surface area contributed by atoms with Crippen molar-refractivity contribution >= 4 is 17.8 Å². The lowest BCUT2D eigenvalue weighted by Crippen LogP contribution is -2.66. The number of alkyl halides is 3. The Bertz CT molecular complexity index is 770. The summed E-state index contributed by atoms with van der Waals surface area (Å²) in [5.41, 5.74) is -0.153. The van der Waals surface area contributed by atoms with Crippen LogP contribution >= 0.6 is 0 Å². The second-order valence-electron chi connectivity index (χ2n) is 7.88. The van der Waals surface area contributed by atoms with Gasteiger partial charge in [-0.2, -0.15) is 13.2 Å². The SMILES string of the molecule is CN(C)C(=O)COCCC1CCOC2(C1)CN(c1ncc(F)cn1)C2.O=C(O)C(F)(F)F. The number of aromatic nitrogens is 2. The number of carboxylic acid groups (broad SMARTS) is 1. The zero-order valence-corrected chi connectivity index (χ0v) is 17.8. The summed E-state index contributed by atoms with van der Waals surface area (Å²) < 4.78 is 56.1. The van der Waals surface area contributed by atoms with Gasteiger partial charge in [0.1, 0.15) is 12.2 Å². The van der Waals surface area contributed by atoms with Crippen LogP contribution in [-0.2, 0) is 19.1 Å². The minimum atomic E-state index is -5.08. The summed E-state index contributed by atoms with van der Waals surface area (Å²) in [7, 11) is 3.45. The number of carbonyl (C=O) groups is 2. The van der Waals surface area contributed by atoms with E-state index >= 15 is 0 Å². The molecule has 0 radical (unpaired) electrons.